The van der Waals surface area contributed by atoms with Gasteiger partial charge in [0.2, 0.25) is 10.0 Å². The number of sulfonamides is 1. The first-order chi connectivity index (χ1) is 12.7. The summed E-state index contributed by atoms with van der Waals surface area (Å²) in [4.78, 5) is 13.8. The SMILES string of the molecule is COC[C@H]1[C@@H](N(Cc2ccc(OC)cc2)S(C)(=O)=O)C[C@@H](C)N1C(=O)OC. The van der Waals surface area contributed by atoms with E-state index in [2.05, 4.69) is 0 Å². The van der Waals surface area contributed by atoms with Gasteiger partial charge in [0, 0.05) is 25.7 Å². The van der Waals surface area contributed by atoms with E-state index in [0.717, 1.165) is 5.56 Å². The van der Waals surface area contributed by atoms with Gasteiger partial charge in [-0.05, 0) is 31.0 Å². The van der Waals surface area contributed by atoms with Gasteiger partial charge < -0.3 is 14.2 Å². The van der Waals surface area contributed by atoms with E-state index in [1.165, 1.54) is 24.8 Å². The second kappa shape index (κ2) is 8.90. The smallest absolute Gasteiger partial charge is 0.410 e. The highest BCUT2D eigenvalue weighted by Crippen LogP contribution is 2.32. The van der Waals surface area contributed by atoms with Crippen molar-refractivity contribution in [2.24, 2.45) is 0 Å². The maximum Gasteiger partial charge on any atom is 0.410 e. The minimum Gasteiger partial charge on any atom is -0.497 e. The molecule has 1 aromatic carbocycles. The number of rotatable bonds is 7. The lowest BCUT2D eigenvalue weighted by Gasteiger charge is -2.33. The van der Waals surface area contributed by atoms with Crippen molar-refractivity contribution < 1.29 is 27.4 Å². The van der Waals surface area contributed by atoms with Gasteiger partial charge in [-0.15, -0.1) is 0 Å². The van der Waals surface area contributed by atoms with Crippen LogP contribution in [0.1, 0.15) is 18.9 Å². The summed E-state index contributed by atoms with van der Waals surface area (Å²) in [7, 11) is 0.902. The minimum absolute atomic E-state index is 0.164. The number of hydrogen-bond donors (Lipinski definition) is 0. The molecule has 1 aliphatic heterocycles. The predicted octanol–water partition coefficient (Wildman–Crippen LogP) is 1.70. The van der Waals surface area contributed by atoms with Crippen molar-refractivity contribution in [1.29, 1.82) is 0 Å². The standard InChI is InChI=1S/C18H28N2O6S/c1-13-10-16(17(12-24-2)20(13)18(21)26-4)19(27(5,22)23)11-14-6-8-15(25-3)9-7-14/h6-9,13,16-17H,10-12H2,1-5H3/t13-,16+,17+/m1/s1. The molecule has 0 aliphatic carbocycles. The molecule has 1 aromatic rings. The van der Waals surface area contributed by atoms with E-state index in [1.807, 2.05) is 19.1 Å². The first-order valence-corrected chi connectivity index (χ1v) is 10.5. The van der Waals surface area contributed by atoms with Crippen molar-refractivity contribution in [1.82, 2.24) is 9.21 Å². The van der Waals surface area contributed by atoms with Crippen molar-refractivity contribution >= 4 is 16.1 Å². The van der Waals surface area contributed by atoms with Gasteiger partial charge in [-0.2, -0.15) is 4.31 Å². The molecule has 0 N–H and O–H groups in total. The molecule has 0 spiro atoms. The first-order valence-electron chi connectivity index (χ1n) is 8.67. The van der Waals surface area contributed by atoms with Gasteiger partial charge in [0.25, 0.3) is 0 Å². The summed E-state index contributed by atoms with van der Waals surface area (Å²) in [5.41, 5.74) is 0.835. The van der Waals surface area contributed by atoms with Crippen molar-refractivity contribution in [2.45, 2.75) is 38.0 Å². The number of likely N-dealkylation sites (tertiary alicyclic amines) is 1. The third-order valence-electron chi connectivity index (χ3n) is 4.88. The zero-order valence-electron chi connectivity index (χ0n) is 16.4. The van der Waals surface area contributed by atoms with E-state index in [1.54, 1.807) is 24.1 Å². The van der Waals surface area contributed by atoms with Gasteiger partial charge in [0.05, 0.1) is 33.1 Å². The molecule has 1 heterocycles. The zero-order valence-corrected chi connectivity index (χ0v) is 17.2. The van der Waals surface area contributed by atoms with Crippen LogP contribution in [0, 0.1) is 0 Å². The van der Waals surface area contributed by atoms with Crippen LogP contribution in [0.15, 0.2) is 24.3 Å². The van der Waals surface area contributed by atoms with E-state index >= 15 is 0 Å². The average molecular weight is 400 g/mol. The highest BCUT2D eigenvalue weighted by Gasteiger charge is 2.47. The number of amides is 1. The Balaban J connectivity index is 2.35. The molecule has 1 aliphatic rings. The number of carbonyl (C=O) groups excluding carboxylic acids is 1. The van der Waals surface area contributed by atoms with Crippen LogP contribution in [0.25, 0.3) is 0 Å². The maximum atomic E-state index is 12.6. The number of carbonyl (C=O) groups is 1. The predicted molar refractivity (Wildman–Crippen MR) is 101 cm³/mol. The van der Waals surface area contributed by atoms with Crippen LogP contribution in [-0.2, 0) is 26.0 Å². The summed E-state index contributed by atoms with van der Waals surface area (Å²) >= 11 is 0. The van der Waals surface area contributed by atoms with Gasteiger partial charge in [-0.1, -0.05) is 12.1 Å². The van der Waals surface area contributed by atoms with Crippen LogP contribution in [0.4, 0.5) is 4.79 Å². The Morgan fingerprint density at radius 1 is 1.22 bits per heavy atom. The zero-order chi connectivity index (χ0) is 20.2. The molecule has 9 heteroatoms. The van der Waals surface area contributed by atoms with Crippen LogP contribution >= 0.6 is 0 Å². The normalized spacial score (nSPS) is 22.9. The van der Waals surface area contributed by atoms with Crippen LogP contribution in [0.2, 0.25) is 0 Å². The Hall–Kier alpha value is -1.84. The molecule has 8 nitrogen and oxygen atoms in total. The summed E-state index contributed by atoms with van der Waals surface area (Å²) in [6.45, 7) is 2.31. The van der Waals surface area contributed by atoms with Gasteiger partial charge in [-0.3, -0.25) is 4.90 Å². The van der Waals surface area contributed by atoms with Crippen molar-refractivity contribution in [2.75, 3.05) is 34.2 Å². The van der Waals surface area contributed by atoms with Crippen LogP contribution in [-0.4, -0.2) is 76.0 Å². The van der Waals surface area contributed by atoms with E-state index in [4.69, 9.17) is 14.2 Å². The molecule has 152 valence electrons. The molecule has 2 rings (SSSR count). The highest BCUT2D eigenvalue weighted by molar-refractivity contribution is 7.88. The lowest BCUT2D eigenvalue weighted by atomic mass is 10.1. The largest absolute Gasteiger partial charge is 0.497 e. The summed E-state index contributed by atoms with van der Waals surface area (Å²) in [5.74, 6) is 0.702. The Kier molecular flexibility index (Phi) is 7.07. The summed E-state index contributed by atoms with van der Waals surface area (Å²) in [6, 6.07) is 6.25. The molecule has 1 fully saturated rings. The number of ether oxygens (including phenoxy) is 3. The first kappa shape index (κ1) is 21.5. The summed E-state index contributed by atoms with van der Waals surface area (Å²) in [6.07, 6.45) is 1.21. The topological polar surface area (TPSA) is 85.4 Å². The van der Waals surface area contributed by atoms with E-state index in [9.17, 15) is 13.2 Å². The van der Waals surface area contributed by atoms with Gasteiger partial charge >= 0.3 is 6.09 Å². The van der Waals surface area contributed by atoms with Gasteiger partial charge in [0.1, 0.15) is 5.75 Å². The maximum absolute atomic E-state index is 12.6. The number of benzene rings is 1. The Morgan fingerprint density at radius 3 is 2.33 bits per heavy atom. The average Bonchev–Trinajstić information content (AvgIpc) is 2.94. The summed E-state index contributed by atoms with van der Waals surface area (Å²) < 4.78 is 41.9. The third kappa shape index (κ3) is 4.91. The molecule has 0 radical (unpaired) electrons. The Morgan fingerprint density at radius 2 is 1.85 bits per heavy atom. The highest BCUT2D eigenvalue weighted by atomic mass is 32.2. The van der Waals surface area contributed by atoms with Crippen molar-refractivity contribution in [3.05, 3.63) is 29.8 Å². The quantitative estimate of drug-likeness (QED) is 0.693. The van der Waals surface area contributed by atoms with E-state index < -0.39 is 28.2 Å². The molecule has 0 saturated carbocycles. The minimum atomic E-state index is -3.52. The third-order valence-corrected chi connectivity index (χ3v) is 6.13. The molecule has 1 saturated heterocycles. The number of hydrogen-bond acceptors (Lipinski definition) is 6. The molecular weight excluding hydrogens is 372 g/mol. The molecular formula is C18H28N2O6S. The fourth-order valence-corrected chi connectivity index (χ4v) is 4.72. The molecule has 0 aromatic heterocycles. The molecule has 0 bridgehead atoms. The van der Waals surface area contributed by atoms with Gasteiger partial charge in [0.15, 0.2) is 0 Å². The second-order valence-corrected chi connectivity index (χ2v) is 8.64. The molecule has 0 unspecified atom stereocenters. The van der Waals surface area contributed by atoms with Gasteiger partial charge in [-0.25, -0.2) is 13.2 Å². The number of methoxy groups -OCH3 is 3. The fourth-order valence-electron chi connectivity index (χ4n) is 3.62. The van der Waals surface area contributed by atoms with Crippen molar-refractivity contribution in [3.8, 4) is 5.75 Å². The van der Waals surface area contributed by atoms with Crippen LogP contribution in [0.3, 0.4) is 0 Å². The summed E-state index contributed by atoms with van der Waals surface area (Å²) in [5, 5.41) is 0. The Labute approximate surface area is 161 Å². The monoisotopic (exact) mass is 400 g/mol. The van der Waals surface area contributed by atoms with Crippen LogP contribution in [0.5, 0.6) is 5.75 Å². The lowest BCUT2D eigenvalue weighted by Crippen LogP contribution is -2.51. The van der Waals surface area contributed by atoms with Crippen LogP contribution < -0.4 is 4.74 Å². The van der Waals surface area contributed by atoms with E-state index in [-0.39, 0.29) is 19.2 Å². The van der Waals surface area contributed by atoms with Crippen molar-refractivity contribution in [3.63, 3.8) is 0 Å². The molecule has 3 atom stereocenters. The fraction of sp³-hybridized carbons (Fsp3) is 0.611. The number of nitrogens with zero attached hydrogens (tertiary/aromatic N) is 2. The Bertz CT molecular complexity index is 737. The lowest BCUT2D eigenvalue weighted by molar-refractivity contribution is 0.0624. The van der Waals surface area contributed by atoms with E-state index in [0.29, 0.717) is 12.2 Å². The molecule has 27 heavy (non-hydrogen) atoms. The second-order valence-electron chi connectivity index (χ2n) is 6.71. The molecule has 1 amide bonds.